The lowest BCUT2D eigenvalue weighted by atomic mass is 10.0. The van der Waals surface area contributed by atoms with Crippen molar-refractivity contribution in [1.29, 1.82) is 0 Å². The van der Waals surface area contributed by atoms with E-state index in [4.69, 9.17) is 15.2 Å². The van der Waals surface area contributed by atoms with Gasteiger partial charge < -0.3 is 20.5 Å². The van der Waals surface area contributed by atoms with Crippen molar-refractivity contribution in [2.24, 2.45) is 11.7 Å². The number of hydrogen-bond acceptors (Lipinski definition) is 4. The van der Waals surface area contributed by atoms with E-state index < -0.39 is 5.79 Å². The Kier molecular flexibility index (Phi) is 6.05. The van der Waals surface area contributed by atoms with Crippen molar-refractivity contribution in [3.63, 3.8) is 0 Å². The highest BCUT2D eigenvalue weighted by Gasteiger charge is 2.32. The highest BCUT2D eigenvalue weighted by atomic mass is 16.7. The molecule has 3 N–H and O–H groups in total. The third kappa shape index (κ3) is 5.80. The molecular weight excluding hydrogens is 232 g/mol. The number of carbonyl (C=O) groups excluding carboxylic acids is 1. The zero-order valence-corrected chi connectivity index (χ0v) is 11.7. The molecule has 0 aromatic rings. The fourth-order valence-electron chi connectivity index (χ4n) is 1.99. The molecule has 5 heteroatoms. The first-order chi connectivity index (χ1) is 8.43. The van der Waals surface area contributed by atoms with Crippen LogP contribution >= 0.6 is 0 Å². The number of hydrogen-bond donors (Lipinski definition) is 2. The molecule has 0 aliphatic carbocycles. The van der Waals surface area contributed by atoms with Crippen molar-refractivity contribution < 1.29 is 14.3 Å². The molecule has 0 aromatic heterocycles. The van der Waals surface area contributed by atoms with E-state index in [2.05, 4.69) is 12.2 Å². The van der Waals surface area contributed by atoms with E-state index in [-0.39, 0.29) is 12.0 Å². The smallest absolute Gasteiger partial charge is 0.220 e. The average molecular weight is 258 g/mol. The van der Waals surface area contributed by atoms with E-state index in [1.165, 1.54) is 0 Å². The fourth-order valence-corrected chi connectivity index (χ4v) is 1.99. The average Bonchev–Trinajstić information content (AvgIpc) is 2.64. The van der Waals surface area contributed by atoms with Crippen LogP contribution in [0.5, 0.6) is 0 Å². The molecule has 0 bridgehead atoms. The van der Waals surface area contributed by atoms with Gasteiger partial charge in [-0.15, -0.1) is 0 Å². The number of amides is 1. The number of nitrogens with two attached hydrogens (primary N) is 1. The summed E-state index contributed by atoms with van der Waals surface area (Å²) in [7, 11) is 0. The second-order valence-corrected chi connectivity index (χ2v) is 5.48. The van der Waals surface area contributed by atoms with E-state index >= 15 is 0 Å². The van der Waals surface area contributed by atoms with Gasteiger partial charge >= 0.3 is 0 Å². The lowest BCUT2D eigenvalue weighted by Crippen LogP contribution is -2.34. The molecule has 1 heterocycles. The summed E-state index contributed by atoms with van der Waals surface area (Å²) in [6, 6.07) is 0. The minimum atomic E-state index is -0.523. The second-order valence-electron chi connectivity index (χ2n) is 5.48. The fraction of sp³-hybridized carbons (Fsp3) is 0.923. The first kappa shape index (κ1) is 15.4. The normalized spacial score (nSPS) is 23.9. The van der Waals surface area contributed by atoms with Crippen molar-refractivity contribution in [2.75, 3.05) is 19.7 Å². The SMILES string of the molecule is CC(CCN)CCC(=O)NCC1COC(C)(C)O1. The molecule has 106 valence electrons. The number of carbonyl (C=O) groups is 1. The largest absolute Gasteiger partial charge is 0.353 e. The molecule has 1 aliphatic heterocycles. The van der Waals surface area contributed by atoms with Gasteiger partial charge in [-0.3, -0.25) is 4.79 Å². The van der Waals surface area contributed by atoms with Gasteiger partial charge in [0.05, 0.1) is 6.61 Å². The quantitative estimate of drug-likeness (QED) is 0.715. The van der Waals surface area contributed by atoms with Crippen LogP contribution in [0, 0.1) is 5.92 Å². The van der Waals surface area contributed by atoms with Crippen LogP contribution in [-0.2, 0) is 14.3 Å². The Balaban J connectivity index is 2.10. The lowest BCUT2D eigenvalue weighted by Gasteiger charge is -2.17. The van der Waals surface area contributed by atoms with E-state index in [1.807, 2.05) is 13.8 Å². The Bertz CT molecular complexity index is 269. The zero-order chi connectivity index (χ0) is 13.6. The Morgan fingerprint density at radius 3 is 2.78 bits per heavy atom. The van der Waals surface area contributed by atoms with Gasteiger partial charge in [0.15, 0.2) is 5.79 Å². The topological polar surface area (TPSA) is 73.6 Å². The first-order valence-corrected chi connectivity index (χ1v) is 6.71. The third-order valence-electron chi connectivity index (χ3n) is 3.12. The first-order valence-electron chi connectivity index (χ1n) is 6.71. The zero-order valence-electron chi connectivity index (χ0n) is 11.7. The van der Waals surface area contributed by atoms with Gasteiger partial charge in [-0.25, -0.2) is 0 Å². The summed E-state index contributed by atoms with van der Waals surface area (Å²) in [5.41, 5.74) is 5.47. The van der Waals surface area contributed by atoms with Gasteiger partial charge in [0.2, 0.25) is 5.91 Å². The summed E-state index contributed by atoms with van der Waals surface area (Å²) in [6.07, 6.45) is 2.38. The summed E-state index contributed by atoms with van der Waals surface area (Å²) in [6.45, 7) is 7.62. The van der Waals surface area contributed by atoms with Gasteiger partial charge in [-0.1, -0.05) is 6.92 Å². The molecule has 1 fully saturated rings. The molecule has 1 saturated heterocycles. The monoisotopic (exact) mass is 258 g/mol. The van der Waals surface area contributed by atoms with Gasteiger partial charge in [-0.2, -0.15) is 0 Å². The summed E-state index contributed by atoms with van der Waals surface area (Å²) in [5.74, 6) is 0.0586. The number of rotatable bonds is 7. The molecule has 1 amide bonds. The van der Waals surface area contributed by atoms with Crippen LogP contribution < -0.4 is 11.1 Å². The lowest BCUT2D eigenvalue weighted by molar-refractivity contribution is -0.139. The molecule has 5 nitrogen and oxygen atoms in total. The molecule has 0 radical (unpaired) electrons. The second kappa shape index (κ2) is 7.07. The Labute approximate surface area is 109 Å². The summed E-state index contributed by atoms with van der Waals surface area (Å²) in [5, 5.41) is 2.88. The molecule has 0 spiro atoms. The van der Waals surface area contributed by atoms with Crippen molar-refractivity contribution in [1.82, 2.24) is 5.32 Å². The number of ether oxygens (including phenoxy) is 2. The molecule has 1 aliphatic rings. The predicted molar refractivity (Wildman–Crippen MR) is 70.0 cm³/mol. The van der Waals surface area contributed by atoms with Crippen molar-refractivity contribution in [3.8, 4) is 0 Å². The standard InChI is InChI=1S/C13H26N2O3/c1-10(6-7-14)4-5-12(16)15-8-11-9-17-13(2,3)18-11/h10-11H,4-9,14H2,1-3H3,(H,15,16). The third-order valence-corrected chi connectivity index (χ3v) is 3.12. The summed E-state index contributed by atoms with van der Waals surface area (Å²) >= 11 is 0. The van der Waals surface area contributed by atoms with E-state index in [9.17, 15) is 4.79 Å². The highest BCUT2D eigenvalue weighted by Crippen LogP contribution is 2.21. The number of nitrogens with one attached hydrogen (secondary N) is 1. The van der Waals surface area contributed by atoms with E-state index in [0.29, 0.717) is 32.0 Å². The van der Waals surface area contributed by atoms with Crippen LogP contribution in [0.1, 0.15) is 40.0 Å². The maximum atomic E-state index is 11.6. The van der Waals surface area contributed by atoms with Crippen LogP contribution in [0.15, 0.2) is 0 Å². The van der Waals surface area contributed by atoms with Crippen LogP contribution in [0.2, 0.25) is 0 Å². The van der Waals surface area contributed by atoms with Gasteiger partial charge in [-0.05, 0) is 39.2 Å². The Morgan fingerprint density at radius 2 is 2.22 bits per heavy atom. The molecule has 1 rings (SSSR count). The summed E-state index contributed by atoms with van der Waals surface area (Å²) in [4.78, 5) is 11.6. The van der Waals surface area contributed by atoms with Crippen LogP contribution in [0.3, 0.4) is 0 Å². The Hall–Kier alpha value is -0.650. The molecule has 2 atom stereocenters. The molecule has 0 saturated carbocycles. The maximum absolute atomic E-state index is 11.6. The molecule has 2 unspecified atom stereocenters. The van der Waals surface area contributed by atoms with Crippen LogP contribution in [0.4, 0.5) is 0 Å². The van der Waals surface area contributed by atoms with Crippen LogP contribution in [0.25, 0.3) is 0 Å². The van der Waals surface area contributed by atoms with E-state index in [1.54, 1.807) is 0 Å². The van der Waals surface area contributed by atoms with Gasteiger partial charge in [0.1, 0.15) is 6.10 Å². The van der Waals surface area contributed by atoms with Crippen molar-refractivity contribution in [2.45, 2.75) is 51.9 Å². The summed E-state index contributed by atoms with van der Waals surface area (Å²) < 4.78 is 11.0. The van der Waals surface area contributed by atoms with Crippen LogP contribution in [-0.4, -0.2) is 37.5 Å². The predicted octanol–water partition coefficient (Wildman–Crippen LogP) is 1.02. The highest BCUT2D eigenvalue weighted by molar-refractivity contribution is 5.75. The molecule has 0 aromatic carbocycles. The molecular formula is C13H26N2O3. The van der Waals surface area contributed by atoms with E-state index in [0.717, 1.165) is 12.8 Å². The maximum Gasteiger partial charge on any atom is 0.220 e. The Morgan fingerprint density at radius 1 is 1.50 bits per heavy atom. The van der Waals surface area contributed by atoms with Gasteiger partial charge in [0, 0.05) is 13.0 Å². The minimum Gasteiger partial charge on any atom is -0.353 e. The minimum absolute atomic E-state index is 0.0367. The molecule has 18 heavy (non-hydrogen) atoms. The van der Waals surface area contributed by atoms with Crippen molar-refractivity contribution in [3.05, 3.63) is 0 Å². The van der Waals surface area contributed by atoms with Crippen molar-refractivity contribution >= 4 is 5.91 Å². The van der Waals surface area contributed by atoms with Gasteiger partial charge in [0.25, 0.3) is 0 Å².